The Labute approximate surface area is 128 Å². The quantitative estimate of drug-likeness (QED) is 0.454. The van der Waals surface area contributed by atoms with Gasteiger partial charge in [-0.2, -0.15) is 0 Å². The van der Waals surface area contributed by atoms with Gasteiger partial charge in [-0.05, 0) is 37.3 Å². The standard InChI is InChI=1S/C17H29N3O/c1-3-13(2)15(18)16(21)17(19)20-12-8-7-11-14-9-5-4-6-10-14/h4-6,9-10,13,15,17,20H,3,7-8,11-12,18-19H2,1-2H3/t13-,15-,17?/m0/s1. The second-order valence-corrected chi connectivity index (χ2v) is 5.69. The van der Waals surface area contributed by atoms with Crippen molar-refractivity contribution in [3.8, 4) is 0 Å². The molecule has 1 aromatic rings. The predicted octanol–water partition coefficient (Wildman–Crippen LogP) is 1.83. The van der Waals surface area contributed by atoms with Crippen molar-refractivity contribution in [2.75, 3.05) is 6.54 Å². The monoisotopic (exact) mass is 291 g/mol. The van der Waals surface area contributed by atoms with E-state index in [0.717, 1.165) is 32.2 Å². The fraction of sp³-hybridized carbons (Fsp3) is 0.588. The molecule has 5 N–H and O–H groups in total. The summed E-state index contributed by atoms with van der Waals surface area (Å²) in [7, 11) is 0. The van der Waals surface area contributed by atoms with Gasteiger partial charge in [-0.25, -0.2) is 0 Å². The lowest BCUT2D eigenvalue weighted by Crippen LogP contribution is -2.53. The van der Waals surface area contributed by atoms with E-state index in [1.165, 1.54) is 5.56 Å². The molecule has 1 unspecified atom stereocenters. The number of carbonyl (C=O) groups is 1. The van der Waals surface area contributed by atoms with Gasteiger partial charge in [0.25, 0.3) is 0 Å². The maximum absolute atomic E-state index is 12.0. The van der Waals surface area contributed by atoms with Crippen LogP contribution >= 0.6 is 0 Å². The lowest BCUT2D eigenvalue weighted by atomic mass is 9.95. The Morgan fingerprint density at radius 3 is 2.48 bits per heavy atom. The molecule has 4 nitrogen and oxygen atoms in total. The van der Waals surface area contributed by atoms with Crippen LogP contribution in [0.25, 0.3) is 0 Å². The minimum Gasteiger partial charge on any atom is -0.321 e. The molecule has 0 aliphatic carbocycles. The van der Waals surface area contributed by atoms with Crippen molar-refractivity contribution in [3.05, 3.63) is 35.9 Å². The molecule has 1 aromatic carbocycles. The first-order valence-corrected chi connectivity index (χ1v) is 7.88. The molecule has 0 fully saturated rings. The third-order valence-electron chi connectivity index (χ3n) is 3.99. The molecule has 0 heterocycles. The zero-order chi connectivity index (χ0) is 15.7. The molecule has 0 saturated heterocycles. The number of carbonyl (C=O) groups excluding carboxylic acids is 1. The van der Waals surface area contributed by atoms with Crippen LogP contribution in [0, 0.1) is 5.92 Å². The van der Waals surface area contributed by atoms with Gasteiger partial charge in [-0.1, -0.05) is 50.6 Å². The molecule has 0 spiro atoms. The van der Waals surface area contributed by atoms with Gasteiger partial charge in [0.15, 0.2) is 5.78 Å². The summed E-state index contributed by atoms with van der Waals surface area (Å²) in [6.45, 7) is 4.75. The molecule has 4 heteroatoms. The number of Topliss-reactive ketones (excluding diaryl/α,β-unsaturated/α-hetero) is 1. The van der Waals surface area contributed by atoms with Gasteiger partial charge in [0.2, 0.25) is 0 Å². The lowest BCUT2D eigenvalue weighted by Gasteiger charge is -2.21. The topological polar surface area (TPSA) is 81.1 Å². The number of hydrogen-bond acceptors (Lipinski definition) is 4. The number of rotatable bonds is 10. The number of hydrogen-bond donors (Lipinski definition) is 3. The fourth-order valence-corrected chi connectivity index (χ4v) is 2.20. The van der Waals surface area contributed by atoms with Crippen molar-refractivity contribution in [1.82, 2.24) is 5.32 Å². The molecule has 0 aliphatic heterocycles. The molecular weight excluding hydrogens is 262 g/mol. The first-order chi connectivity index (χ1) is 10.1. The minimum absolute atomic E-state index is 0.0904. The number of nitrogens with one attached hydrogen (secondary N) is 1. The molecule has 0 aliphatic rings. The Morgan fingerprint density at radius 1 is 1.19 bits per heavy atom. The van der Waals surface area contributed by atoms with Gasteiger partial charge in [-0.3, -0.25) is 10.1 Å². The van der Waals surface area contributed by atoms with Crippen molar-refractivity contribution in [1.29, 1.82) is 0 Å². The summed E-state index contributed by atoms with van der Waals surface area (Å²) >= 11 is 0. The second-order valence-electron chi connectivity index (χ2n) is 5.69. The first-order valence-electron chi connectivity index (χ1n) is 7.88. The summed E-state index contributed by atoms with van der Waals surface area (Å²) in [6, 6.07) is 9.93. The Morgan fingerprint density at radius 2 is 1.86 bits per heavy atom. The van der Waals surface area contributed by atoms with E-state index in [9.17, 15) is 4.79 Å². The highest BCUT2D eigenvalue weighted by Crippen LogP contribution is 2.07. The van der Waals surface area contributed by atoms with Crippen LogP contribution in [0.1, 0.15) is 38.7 Å². The highest BCUT2D eigenvalue weighted by atomic mass is 16.1. The Hall–Kier alpha value is -1.23. The van der Waals surface area contributed by atoms with Crippen LogP contribution in [-0.4, -0.2) is 24.5 Å². The molecule has 118 valence electrons. The first kappa shape index (κ1) is 17.8. The van der Waals surface area contributed by atoms with Gasteiger partial charge in [-0.15, -0.1) is 0 Å². The zero-order valence-corrected chi connectivity index (χ0v) is 13.2. The van der Waals surface area contributed by atoms with E-state index in [-0.39, 0.29) is 11.7 Å². The van der Waals surface area contributed by atoms with Crippen molar-refractivity contribution >= 4 is 5.78 Å². The number of unbranched alkanes of at least 4 members (excludes halogenated alkanes) is 1. The van der Waals surface area contributed by atoms with Crippen LogP contribution in [0.3, 0.4) is 0 Å². The van der Waals surface area contributed by atoms with Gasteiger partial charge >= 0.3 is 0 Å². The number of nitrogens with two attached hydrogens (primary N) is 2. The average molecular weight is 291 g/mol. The van der Waals surface area contributed by atoms with Crippen molar-refractivity contribution in [2.45, 2.75) is 51.7 Å². The third-order valence-corrected chi connectivity index (χ3v) is 3.99. The number of benzene rings is 1. The van der Waals surface area contributed by atoms with Gasteiger partial charge in [0, 0.05) is 0 Å². The minimum atomic E-state index is -0.647. The molecule has 1 rings (SSSR count). The summed E-state index contributed by atoms with van der Waals surface area (Å²) in [5, 5.41) is 3.08. The highest BCUT2D eigenvalue weighted by molar-refractivity contribution is 5.88. The van der Waals surface area contributed by atoms with Crippen LogP contribution in [0.4, 0.5) is 0 Å². The van der Waals surface area contributed by atoms with E-state index >= 15 is 0 Å². The van der Waals surface area contributed by atoms with Crippen LogP contribution in [-0.2, 0) is 11.2 Å². The highest BCUT2D eigenvalue weighted by Gasteiger charge is 2.24. The normalized spacial score (nSPS) is 15.4. The van der Waals surface area contributed by atoms with Gasteiger partial charge in [0.1, 0.15) is 6.17 Å². The Bertz CT molecular complexity index is 408. The zero-order valence-electron chi connectivity index (χ0n) is 13.2. The molecule has 0 aromatic heterocycles. The van der Waals surface area contributed by atoms with Crippen molar-refractivity contribution in [3.63, 3.8) is 0 Å². The Kier molecular flexibility index (Phi) is 8.20. The van der Waals surface area contributed by atoms with E-state index in [1.54, 1.807) is 0 Å². The molecule has 0 saturated carbocycles. The van der Waals surface area contributed by atoms with E-state index in [2.05, 4.69) is 29.6 Å². The van der Waals surface area contributed by atoms with E-state index in [0.29, 0.717) is 0 Å². The van der Waals surface area contributed by atoms with Gasteiger partial charge < -0.3 is 11.5 Å². The lowest BCUT2D eigenvalue weighted by molar-refractivity contribution is -0.123. The molecule has 0 bridgehead atoms. The molecule has 3 atom stereocenters. The second kappa shape index (κ2) is 9.66. The summed E-state index contributed by atoms with van der Waals surface area (Å²) in [5.74, 6) is 0.0795. The summed E-state index contributed by atoms with van der Waals surface area (Å²) < 4.78 is 0. The molecular formula is C17H29N3O. The van der Waals surface area contributed by atoms with Crippen molar-refractivity contribution < 1.29 is 4.79 Å². The van der Waals surface area contributed by atoms with E-state index < -0.39 is 12.2 Å². The fourth-order valence-electron chi connectivity index (χ4n) is 2.20. The van der Waals surface area contributed by atoms with Crippen LogP contribution in [0.5, 0.6) is 0 Å². The van der Waals surface area contributed by atoms with Crippen LogP contribution in [0.2, 0.25) is 0 Å². The van der Waals surface area contributed by atoms with E-state index in [1.807, 2.05) is 19.9 Å². The largest absolute Gasteiger partial charge is 0.321 e. The molecule has 0 amide bonds. The summed E-state index contributed by atoms with van der Waals surface area (Å²) in [6.07, 6.45) is 3.36. The SMILES string of the molecule is CC[C@H](C)[C@H](N)C(=O)C(N)NCCCCc1ccccc1. The number of aryl methyl sites for hydroxylation is 1. The maximum Gasteiger partial charge on any atom is 0.180 e. The average Bonchev–Trinajstić information content (AvgIpc) is 2.53. The number of ketones is 1. The van der Waals surface area contributed by atoms with Gasteiger partial charge in [0.05, 0.1) is 6.04 Å². The molecule has 0 radical (unpaired) electrons. The summed E-state index contributed by atoms with van der Waals surface area (Å²) in [4.78, 5) is 12.0. The maximum atomic E-state index is 12.0. The third kappa shape index (κ3) is 6.38. The predicted molar refractivity (Wildman–Crippen MR) is 87.8 cm³/mol. The Balaban J connectivity index is 2.18. The summed E-state index contributed by atoms with van der Waals surface area (Å²) in [5.41, 5.74) is 13.1. The van der Waals surface area contributed by atoms with Crippen LogP contribution in [0.15, 0.2) is 30.3 Å². The smallest absolute Gasteiger partial charge is 0.180 e. The molecule has 21 heavy (non-hydrogen) atoms. The van der Waals surface area contributed by atoms with Crippen molar-refractivity contribution in [2.24, 2.45) is 17.4 Å². The van der Waals surface area contributed by atoms with E-state index in [4.69, 9.17) is 11.5 Å². The van der Waals surface area contributed by atoms with Crippen LogP contribution < -0.4 is 16.8 Å².